The minimum atomic E-state index is -0.567. The van der Waals surface area contributed by atoms with Gasteiger partial charge in [0.15, 0.2) is 10.8 Å². The Balaban J connectivity index is 1.82. The lowest BCUT2D eigenvalue weighted by Crippen LogP contribution is -2.65. The lowest BCUT2D eigenvalue weighted by Gasteiger charge is -2.52. The minimum absolute atomic E-state index is 0.134. The molecule has 2 bridgehead atoms. The molecule has 2 aliphatic heterocycles. The Morgan fingerprint density at radius 3 is 2.92 bits per heavy atom. The molecule has 2 aliphatic rings. The number of hydrogen-bond acceptors (Lipinski definition) is 3. The van der Waals surface area contributed by atoms with E-state index >= 15 is 0 Å². The van der Waals surface area contributed by atoms with E-state index in [4.69, 9.17) is 21.7 Å². The van der Waals surface area contributed by atoms with Crippen molar-refractivity contribution in [2.45, 2.75) is 25.1 Å². The molecule has 0 spiro atoms. The Hall–Kier alpha value is -1.79. The van der Waals surface area contributed by atoms with Crippen molar-refractivity contribution in [1.82, 2.24) is 5.32 Å². The fourth-order valence-electron chi connectivity index (χ4n) is 3.52. The molecule has 1 N–H and O–H groups in total. The standard InChI is InChI=1S/C18H17BrN2O2S/c1-18-10-13(12-9-11(19)7-8-15(12)23-18)20-17(24)21(18)14-5-3-4-6-16(14)22-2/h3-9,13H,10H2,1-2H3,(H,20,24)/t13-,18+/m1/s1. The van der Waals surface area contributed by atoms with Crippen LogP contribution in [0.4, 0.5) is 5.69 Å². The second kappa shape index (κ2) is 5.63. The van der Waals surface area contributed by atoms with Crippen LogP contribution in [0.3, 0.4) is 0 Å². The Morgan fingerprint density at radius 1 is 1.33 bits per heavy atom. The van der Waals surface area contributed by atoms with Crippen molar-refractivity contribution < 1.29 is 9.47 Å². The number of halogens is 1. The van der Waals surface area contributed by atoms with Crippen LogP contribution in [0.5, 0.6) is 11.5 Å². The highest BCUT2D eigenvalue weighted by atomic mass is 79.9. The van der Waals surface area contributed by atoms with Crippen molar-refractivity contribution in [2.75, 3.05) is 12.0 Å². The molecule has 0 aromatic heterocycles. The number of hydrogen-bond donors (Lipinski definition) is 1. The maximum Gasteiger partial charge on any atom is 0.188 e. The lowest BCUT2D eigenvalue weighted by molar-refractivity contribution is 0.0493. The first-order chi connectivity index (χ1) is 11.5. The average Bonchev–Trinajstić information content (AvgIpc) is 2.55. The van der Waals surface area contributed by atoms with Gasteiger partial charge in [-0.05, 0) is 49.5 Å². The Labute approximate surface area is 154 Å². The van der Waals surface area contributed by atoms with Gasteiger partial charge in [0.05, 0.1) is 18.8 Å². The van der Waals surface area contributed by atoms with E-state index < -0.39 is 5.72 Å². The molecule has 0 saturated carbocycles. The molecule has 2 atom stereocenters. The molecule has 0 radical (unpaired) electrons. The Morgan fingerprint density at radius 2 is 2.12 bits per heavy atom. The third-order valence-corrected chi connectivity index (χ3v) is 5.35. The third kappa shape index (κ3) is 2.36. The lowest BCUT2D eigenvalue weighted by atomic mass is 9.90. The first-order valence-electron chi connectivity index (χ1n) is 7.74. The van der Waals surface area contributed by atoms with Crippen molar-refractivity contribution in [3.05, 3.63) is 52.5 Å². The number of nitrogens with one attached hydrogen (secondary N) is 1. The average molecular weight is 405 g/mol. The summed E-state index contributed by atoms with van der Waals surface area (Å²) in [6.45, 7) is 2.07. The number of methoxy groups -OCH3 is 1. The van der Waals surface area contributed by atoms with Gasteiger partial charge in [-0.3, -0.25) is 4.90 Å². The highest BCUT2D eigenvalue weighted by Gasteiger charge is 2.48. The van der Waals surface area contributed by atoms with Crippen LogP contribution in [-0.2, 0) is 0 Å². The summed E-state index contributed by atoms with van der Waals surface area (Å²) in [5, 5.41) is 4.10. The minimum Gasteiger partial charge on any atom is -0.495 e. The van der Waals surface area contributed by atoms with Crippen LogP contribution in [0.15, 0.2) is 46.9 Å². The number of para-hydroxylation sites is 2. The summed E-state index contributed by atoms with van der Waals surface area (Å²) in [4.78, 5) is 2.02. The van der Waals surface area contributed by atoms with Crippen LogP contribution in [0.2, 0.25) is 0 Å². The van der Waals surface area contributed by atoms with E-state index in [2.05, 4.69) is 34.2 Å². The molecule has 4 nitrogen and oxygen atoms in total. The normalized spacial score (nSPS) is 24.7. The number of benzene rings is 2. The third-order valence-electron chi connectivity index (χ3n) is 4.56. The molecule has 24 heavy (non-hydrogen) atoms. The topological polar surface area (TPSA) is 33.7 Å². The summed E-state index contributed by atoms with van der Waals surface area (Å²) < 4.78 is 13.0. The Kier molecular flexibility index (Phi) is 3.69. The summed E-state index contributed by atoms with van der Waals surface area (Å²) in [5.41, 5.74) is 1.46. The number of nitrogens with zero attached hydrogens (tertiary/aromatic N) is 1. The van der Waals surface area contributed by atoms with Gasteiger partial charge in [-0.1, -0.05) is 28.1 Å². The predicted octanol–water partition coefficient (Wildman–Crippen LogP) is 4.39. The second-order valence-electron chi connectivity index (χ2n) is 6.17. The molecule has 2 heterocycles. The van der Waals surface area contributed by atoms with Gasteiger partial charge in [-0.25, -0.2) is 0 Å². The van der Waals surface area contributed by atoms with Gasteiger partial charge in [-0.15, -0.1) is 0 Å². The summed E-state index contributed by atoms with van der Waals surface area (Å²) in [6.07, 6.45) is 0.786. The predicted molar refractivity (Wildman–Crippen MR) is 102 cm³/mol. The second-order valence-corrected chi connectivity index (χ2v) is 7.48. The van der Waals surface area contributed by atoms with Gasteiger partial charge in [0, 0.05) is 16.5 Å². The van der Waals surface area contributed by atoms with Gasteiger partial charge in [0.1, 0.15) is 11.5 Å². The maximum absolute atomic E-state index is 6.40. The smallest absolute Gasteiger partial charge is 0.188 e. The summed E-state index contributed by atoms with van der Waals surface area (Å²) in [6, 6.07) is 14.1. The molecule has 2 aromatic rings. The van der Waals surface area contributed by atoms with Crippen molar-refractivity contribution in [1.29, 1.82) is 0 Å². The molecular formula is C18H17BrN2O2S. The summed E-state index contributed by atoms with van der Waals surface area (Å²) >= 11 is 9.21. The SMILES string of the molecule is COc1ccccc1N1C(=S)N[C@@H]2C[C@]1(C)Oc1ccc(Br)cc12. The summed E-state index contributed by atoms with van der Waals surface area (Å²) in [5.74, 6) is 1.65. The van der Waals surface area contributed by atoms with E-state index in [9.17, 15) is 0 Å². The van der Waals surface area contributed by atoms with Crippen LogP contribution < -0.4 is 19.7 Å². The highest BCUT2D eigenvalue weighted by molar-refractivity contribution is 9.10. The van der Waals surface area contributed by atoms with Crippen LogP contribution >= 0.6 is 28.1 Å². The number of rotatable bonds is 2. The van der Waals surface area contributed by atoms with Crippen LogP contribution in [0.25, 0.3) is 0 Å². The number of fused-ring (bicyclic) bond motifs is 4. The van der Waals surface area contributed by atoms with Crippen molar-refractivity contribution in [2.24, 2.45) is 0 Å². The van der Waals surface area contributed by atoms with Crippen molar-refractivity contribution in [3.63, 3.8) is 0 Å². The fraction of sp³-hybridized carbons (Fsp3) is 0.278. The molecule has 124 valence electrons. The van der Waals surface area contributed by atoms with E-state index in [1.165, 1.54) is 0 Å². The molecule has 4 rings (SSSR count). The number of ether oxygens (including phenoxy) is 2. The molecule has 0 amide bonds. The molecular weight excluding hydrogens is 388 g/mol. The zero-order chi connectivity index (χ0) is 16.9. The van der Waals surface area contributed by atoms with Crippen LogP contribution in [0, 0.1) is 0 Å². The van der Waals surface area contributed by atoms with E-state index in [0.29, 0.717) is 5.11 Å². The first kappa shape index (κ1) is 15.7. The van der Waals surface area contributed by atoms with Gasteiger partial charge in [0.25, 0.3) is 0 Å². The largest absolute Gasteiger partial charge is 0.495 e. The van der Waals surface area contributed by atoms with E-state index in [1.807, 2.05) is 41.3 Å². The van der Waals surface area contributed by atoms with Crippen LogP contribution in [0.1, 0.15) is 24.9 Å². The first-order valence-corrected chi connectivity index (χ1v) is 8.94. The zero-order valence-electron chi connectivity index (χ0n) is 13.4. The van der Waals surface area contributed by atoms with Gasteiger partial charge < -0.3 is 14.8 Å². The number of thiocarbonyl (C=S) groups is 1. The van der Waals surface area contributed by atoms with Crippen molar-refractivity contribution >= 4 is 38.9 Å². The van der Waals surface area contributed by atoms with E-state index in [-0.39, 0.29) is 6.04 Å². The molecule has 0 aliphatic carbocycles. The molecule has 1 saturated heterocycles. The monoisotopic (exact) mass is 404 g/mol. The highest BCUT2D eigenvalue weighted by Crippen LogP contribution is 2.47. The van der Waals surface area contributed by atoms with Gasteiger partial charge in [-0.2, -0.15) is 0 Å². The fourth-order valence-corrected chi connectivity index (χ4v) is 4.34. The van der Waals surface area contributed by atoms with E-state index in [1.54, 1.807) is 7.11 Å². The Bertz CT molecular complexity index is 828. The molecule has 6 heteroatoms. The van der Waals surface area contributed by atoms with Crippen LogP contribution in [-0.4, -0.2) is 17.9 Å². The molecule has 1 fully saturated rings. The van der Waals surface area contributed by atoms with Crippen molar-refractivity contribution in [3.8, 4) is 11.5 Å². The quantitative estimate of drug-likeness (QED) is 0.750. The van der Waals surface area contributed by atoms with Gasteiger partial charge >= 0.3 is 0 Å². The zero-order valence-corrected chi connectivity index (χ0v) is 15.8. The van der Waals surface area contributed by atoms with Gasteiger partial charge in [0.2, 0.25) is 0 Å². The molecule has 2 aromatic carbocycles. The number of anilines is 1. The molecule has 0 unspecified atom stereocenters. The van der Waals surface area contributed by atoms with E-state index in [0.717, 1.165) is 33.6 Å². The maximum atomic E-state index is 6.40. The summed E-state index contributed by atoms with van der Waals surface area (Å²) in [7, 11) is 1.67.